The highest BCUT2D eigenvalue weighted by Gasteiger charge is 2.31. The number of hydrogen-bond donors (Lipinski definition) is 0. The van der Waals surface area contributed by atoms with E-state index in [0.29, 0.717) is 23.5 Å². The van der Waals surface area contributed by atoms with Gasteiger partial charge < -0.3 is 4.90 Å². The van der Waals surface area contributed by atoms with E-state index in [2.05, 4.69) is 6.92 Å². The van der Waals surface area contributed by atoms with Gasteiger partial charge in [0, 0.05) is 24.0 Å². The van der Waals surface area contributed by atoms with Gasteiger partial charge in [0.1, 0.15) is 4.83 Å². The SMILES string of the molecule is CCCCCn1c(SCC(=O)N(CC)C2CC2)nc2sc3c(c2c1=O)CCC3. The fourth-order valence-corrected chi connectivity index (χ4v) is 6.33. The molecule has 0 bridgehead atoms. The zero-order valence-electron chi connectivity index (χ0n) is 16.8. The lowest BCUT2D eigenvalue weighted by molar-refractivity contribution is -0.128. The molecule has 0 aromatic carbocycles. The summed E-state index contributed by atoms with van der Waals surface area (Å²) in [4.78, 5) is 35.0. The molecule has 0 saturated heterocycles. The third kappa shape index (κ3) is 3.88. The molecule has 2 aliphatic carbocycles. The summed E-state index contributed by atoms with van der Waals surface area (Å²) in [6.45, 7) is 5.66. The molecule has 7 heteroatoms. The van der Waals surface area contributed by atoms with Crippen molar-refractivity contribution in [1.82, 2.24) is 14.5 Å². The normalized spacial score (nSPS) is 15.9. The lowest BCUT2D eigenvalue weighted by Crippen LogP contribution is -2.34. The molecule has 1 fully saturated rings. The lowest BCUT2D eigenvalue weighted by Gasteiger charge is -2.20. The van der Waals surface area contributed by atoms with Crippen molar-refractivity contribution in [3.63, 3.8) is 0 Å². The van der Waals surface area contributed by atoms with Crippen molar-refractivity contribution < 1.29 is 4.79 Å². The van der Waals surface area contributed by atoms with E-state index < -0.39 is 0 Å². The van der Waals surface area contributed by atoms with E-state index in [9.17, 15) is 9.59 Å². The molecule has 2 aromatic rings. The number of unbranched alkanes of at least 4 members (excludes halogenated alkanes) is 2. The molecule has 1 saturated carbocycles. The summed E-state index contributed by atoms with van der Waals surface area (Å²) < 4.78 is 1.84. The Hall–Kier alpha value is -1.34. The monoisotopic (exact) mass is 419 g/mol. The molecule has 2 heterocycles. The maximum atomic E-state index is 13.3. The van der Waals surface area contributed by atoms with Crippen LogP contribution in [-0.4, -0.2) is 38.7 Å². The first-order chi connectivity index (χ1) is 13.6. The molecule has 0 radical (unpaired) electrons. The predicted octanol–water partition coefficient (Wildman–Crippen LogP) is 4.24. The van der Waals surface area contributed by atoms with Gasteiger partial charge in [-0.15, -0.1) is 11.3 Å². The maximum Gasteiger partial charge on any atom is 0.263 e. The van der Waals surface area contributed by atoms with Gasteiger partial charge in [-0.3, -0.25) is 14.2 Å². The number of hydrogen-bond acceptors (Lipinski definition) is 5. The highest BCUT2D eigenvalue weighted by atomic mass is 32.2. The van der Waals surface area contributed by atoms with Gasteiger partial charge >= 0.3 is 0 Å². The summed E-state index contributed by atoms with van der Waals surface area (Å²) >= 11 is 3.12. The fourth-order valence-electron chi connectivity index (χ4n) is 4.12. The van der Waals surface area contributed by atoms with Crippen LogP contribution in [0, 0.1) is 0 Å². The molecule has 0 N–H and O–H groups in total. The molecule has 0 aliphatic heterocycles. The van der Waals surface area contributed by atoms with Gasteiger partial charge in [-0.25, -0.2) is 4.98 Å². The summed E-state index contributed by atoms with van der Waals surface area (Å²) in [5, 5.41) is 1.56. The van der Waals surface area contributed by atoms with E-state index in [4.69, 9.17) is 4.98 Å². The Morgan fingerprint density at radius 1 is 1.29 bits per heavy atom. The molecule has 152 valence electrons. The Morgan fingerprint density at radius 2 is 2.11 bits per heavy atom. The van der Waals surface area contributed by atoms with Crippen LogP contribution in [0.4, 0.5) is 0 Å². The number of aromatic nitrogens is 2. The molecule has 2 aromatic heterocycles. The smallest absolute Gasteiger partial charge is 0.263 e. The van der Waals surface area contributed by atoms with Gasteiger partial charge in [-0.05, 0) is 51.0 Å². The number of amides is 1. The fraction of sp³-hybridized carbons (Fsp3) is 0.667. The van der Waals surface area contributed by atoms with Gasteiger partial charge in [0.25, 0.3) is 5.56 Å². The second-order valence-corrected chi connectivity index (χ2v) is 9.82. The Balaban J connectivity index is 1.62. The quantitative estimate of drug-likeness (QED) is 0.347. The van der Waals surface area contributed by atoms with Gasteiger partial charge in [-0.2, -0.15) is 0 Å². The molecular formula is C21H29N3O2S2. The Kier molecular flexibility index (Phi) is 6.11. The van der Waals surface area contributed by atoms with E-state index in [0.717, 1.165) is 68.1 Å². The van der Waals surface area contributed by atoms with Crippen LogP contribution in [0.5, 0.6) is 0 Å². The summed E-state index contributed by atoms with van der Waals surface area (Å²) in [5.41, 5.74) is 1.34. The summed E-state index contributed by atoms with van der Waals surface area (Å²) in [6.07, 6.45) is 8.64. The zero-order chi connectivity index (χ0) is 19.7. The number of rotatable bonds is 9. The molecule has 1 amide bonds. The molecule has 0 atom stereocenters. The largest absolute Gasteiger partial charge is 0.339 e. The van der Waals surface area contributed by atoms with Crippen molar-refractivity contribution in [2.24, 2.45) is 0 Å². The number of nitrogens with zero attached hydrogens (tertiary/aromatic N) is 3. The first-order valence-electron chi connectivity index (χ1n) is 10.6. The Bertz CT molecular complexity index is 930. The van der Waals surface area contributed by atoms with Crippen molar-refractivity contribution in [3.05, 3.63) is 20.8 Å². The topological polar surface area (TPSA) is 55.2 Å². The standard InChI is InChI=1S/C21H29N3O2S2/c1-3-5-6-12-24-20(26)18-15-8-7-9-16(15)28-19(18)22-21(24)27-13-17(25)23(4-2)14-10-11-14/h14H,3-13H2,1-2H3. The number of thioether (sulfide) groups is 1. The maximum absolute atomic E-state index is 13.3. The van der Waals surface area contributed by atoms with Crippen LogP contribution in [0.15, 0.2) is 9.95 Å². The minimum Gasteiger partial charge on any atom is -0.339 e. The van der Waals surface area contributed by atoms with E-state index in [1.807, 2.05) is 16.4 Å². The van der Waals surface area contributed by atoms with Crippen LogP contribution in [0.1, 0.15) is 62.8 Å². The third-order valence-electron chi connectivity index (χ3n) is 5.75. The number of aryl methyl sites for hydroxylation is 2. The number of fused-ring (bicyclic) bond motifs is 3. The van der Waals surface area contributed by atoms with Crippen molar-refractivity contribution in [3.8, 4) is 0 Å². The minimum absolute atomic E-state index is 0.102. The number of thiophene rings is 1. The van der Waals surface area contributed by atoms with Gasteiger partial charge in [0.15, 0.2) is 5.16 Å². The number of carbonyl (C=O) groups excluding carboxylic acids is 1. The van der Waals surface area contributed by atoms with Gasteiger partial charge in [0.2, 0.25) is 5.91 Å². The van der Waals surface area contributed by atoms with Crippen LogP contribution in [-0.2, 0) is 24.2 Å². The van der Waals surface area contributed by atoms with Crippen LogP contribution in [0.3, 0.4) is 0 Å². The first-order valence-corrected chi connectivity index (χ1v) is 12.4. The second-order valence-electron chi connectivity index (χ2n) is 7.80. The predicted molar refractivity (Wildman–Crippen MR) is 117 cm³/mol. The van der Waals surface area contributed by atoms with Crippen molar-refractivity contribution in [1.29, 1.82) is 0 Å². The summed E-state index contributed by atoms with van der Waals surface area (Å²) in [7, 11) is 0. The zero-order valence-corrected chi connectivity index (χ0v) is 18.5. The Morgan fingerprint density at radius 3 is 2.82 bits per heavy atom. The van der Waals surface area contributed by atoms with Crippen LogP contribution >= 0.6 is 23.1 Å². The molecule has 0 unspecified atom stereocenters. The van der Waals surface area contributed by atoms with E-state index >= 15 is 0 Å². The van der Waals surface area contributed by atoms with E-state index in [1.165, 1.54) is 22.2 Å². The molecule has 0 spiro atoms. The highest BCUT2D eigenvalue weighted by molar-refractivity contribution is 7.99. The Labute approximate surface area is 174 Å². The minimum atomic E-state index is 0.102. The molecule has 28 heavy (non-hydrogen) atoms. The lowest BCUT2D eigenvalue weighted by atomic mass is 10.2. The average molecular weight is 420 g/mol. The summed E-state index contributed by atoms with van der Waals surface area (Å²) in [5.74, 6) is 0.527. The van der Waals surface area contributed by atoms with Crippen molar-refractivity contribution in [2.75, 3.05) is 12.3 Å². The number of carbonyl (C=O) groups is 1. The summed E-state index contributed by atoms with van der Waals surface area (Å²) in [6, 6.07) is 0.431. The molecule has 5 nitrogen and oxygen atoms in total. The first kappa shape index (κ1) is 20.0. The average Bonchev–Trinajstić information content (AvgIpc) is 3.30. The molecule has 4 rings (SSSR count). The second kappa shape index (κ2) is 8.57. The molecular weight excluding hydrogens is 390 g/mol. The van der Waals surface area contributed by atoms with Gasteiger partial charge in [-0.1, -0.05) is 31.5 Å². The van der Waals surface area contributed by atoms with Crippen LogP contribution < -0.4 is 5.56 Å². The third-order valence-corrected chi connectivity index (χ3v) is 7.90. The van der Waals surface area contributed by atoms with Crippen LogP contribution in [0.25, 0.3) is 10.2 Å². The van der Waals surface area contributed by atoms with Gasteiger partial charge in [0.05, 0.1) is 11.1 Å². The van der Waals surface area contributed by atoms with E-state index in [-0.39, 0.29) is 11.5 Å². The highest BCUT2D eigenvalue weighted by Crippen LogP contribution is 2.36. The van der Waals surface area contributed by atoms with Crippen molar-refractivity contribution in [2.45, 2.75) is 83.0 Å². The molecule has 2 aliphatic rings. The van der Waals surface area contributed by atoms with Crippen molar-refractivity contribution >= 4 is 39.2 Å². The van der Waals surface area contributed by atoms with Crippen LogP contribution in [0.2, 0.25) is 0 Å². The van der Waals surface area contributed by atoms with E-state index in [1.54, 1.807) is 11.3 Å².